The Balaban J connectivity index is 1.38. The van der Waals surface area contributed by atoms with Gasteiger partial charge in [0.2, 0.25) is 0 Å². The van der Waals surface area contributed by atoms with Gasteiger partial charge in [-0.2, -0.15) is 0 Å². The lowest BCUT2D eigenvalue weighted by Gasteiger charge is -2.22. The smallest absolute Gasteiger partial charge is 0.252 e. The third kappa shape index (κ3) is 4.27. The molecule has 2 fully saturated rings. The first-order valence-electron chi connectivity index (χ1n) is 11.7. The Morgan fingerprint density at radius 1 is 1.21 bits per heavy atom. The number of likely N-dealkylation sites (tertiary alicyclic amines) is 1. The number of carbonyl (C=O) groups excluding carboxylic acids is 1. The predicted molar refractivity (Wildman–Crippen MR) is 129 cm³/mol. The molecule has 1 saturated heterocycles. The van der Waals surface area contributed by atoms with Crippen LogP contribution in [0.4, 0.5) is 0 Å². The monoisotopic (exact) mass is 445 g/mol. The fourth-order valence-electron chi connectivity index (χ4n) is 4.86. The molecule has 1 aromatic heterocycles. The lowest BCUT2D eigenvalue weighted by molar-refractivity contribution is 0.0930. The van der Waals surface area contributed by atoms with Crippen molar-refractivity contribution in [3.8, 4) is 11.5 Å². The predicted octanol–water partition coefficient (Wildman–Crippen LogP) is 4.44. The molecule has 2 aromatic carbocycles. The van der Waals surface area contributed by atoms with Crippen LogP contribution in [0.5, 0.6) is 11.5 Å². The summed E-state index contributed by atoms with van der Waals surface area (Å²) in [6.07, 6.45) is 5.92. The van der Waals surface area contributed by atoms with E-state index in [9.17, 15) is 4.79 Å². The molecule has 172 valence electrons. The van der Waals surface area contributed by atoms with Crippen molar-refractivity contribution in [1.82, 2.24) is 15.2 Å². The van der Waals surface area contributed by atoms with Crippen LogP contribution in [0.1, 0.15) is 47.2 Å². The van der Waals surface area contributed by atoms with Crippen molar-refractivity contribution in [3.05, 3.63) is 65.4 Å². The Kier molecular flexibility index (Phi) is 5.71. The molecule has 5 rings (SSSR count). The fourth-order valence-corrected chi connectivity index (χ4v) is 4.86. The van der Waals surface area contributed by atoms with Crippen LogP contribution in [0.3, 0.4) is 0 Å². The summed E-state index contributed by atoms with van der Waals surface area (Å²) in [6, 6.07) is 14.2. The number of carbonyl (C=O) groups is 1. The van der Waals surface area contributed by atoms with Gasteiger partial charge < -0.3 is 19.7 Å². The van der Waals surface area contributed by atoms with Crippen LogP contribution in [0.2, 0.25) is 0 Å². The molecule has 2 aliphatic rings. The highest BCUT2D eigenvalue weighted by atomic mass is 16.5. The van der Waals surface area contributed by atoms with Gasteiger partial charge in [-0.05, 0) is 81.6 Å². The Morgan fingerprint density at radius 2 is 2.06 bits per heavy atom. The topological polar surface area (TPSA) is 63.7 Å². The molecule has 0 unspecified atom stereocenters. The van der Waals surface area contributed by atoms with Gasteiger partial charge in [0.25, 0.3) is 5.91 Å². The molecule has 1 N–H and O–H groups in total. The summed E-state index contributed by atoms with van der Waals surface area (Å²) in [5.41, 5.74) is 3.13. The second-order valence-corrected chi connectivity index (χ2v) is 9.35. The number of hydrogen-bond donors (Lipinski definition) is 1. The molecular formula is C27H31N3O3. The van der Waals surface area contributed by atoms with E-state index >= 15 is 0 Å². The van der Waals surface area contributed by atoms with Gasteiger partial charge in [-0.15, -0.1) is 0 Å². The summed E-state index contributed by atoms with van der Waals surface area (Å²) in [7, 11) is 3.80. The molecule has 3 aromatic rings. The van der Waals surface area contributed by atoms with Gasteiger partial charge in [0.15, 0.2) is 0 Å². The molecule has 33 heavy (non-hydrogen) atoms. The maximum Gasteiger partial charge on any atom is 0.252 e. The third-order valence-corrected chi connectivity index (χ3v) is 7.12. The maximum atomic E-state index is 13.4. The summed E-state index contributed by atoms with van der Waals surface area (Å²) in [5, 5.41) is 4.38. The summed E-state index contributed by atoms with van der Waals surface area (Å²) in [6.45, 7) is 3.73. The summed E-state index contributed by atoms with van der Waals surface area (Å²) >= 11 is 0. The number of benzene rings is 2. The minimum absolute atomic E-state index is 0.0757. The number of fused-ring (bicyclic) bond motifs is 1. The molecule has 1 aliphatic carbocycles. The highest BCUT2D eigenvalue weighted by molar-refractivity contribution is 5.97. The van der Waals surface area contributed by atoms with Crippen molar-refractivity contribution in [3.63, 3.8) is 0 Å². The van der Waals surface area contributed by atoms with Gasteiger partial charge in [-0.1, -0.05) is 12.1 Å². The number of ether oxygens (including phenoxy) is 2. The standard InChI is InChI=1S/C27H31N3O3/c1-18-8-9-20(33-17-19-6-5-13-30(19)2)14-23(18)26(31)29-27(10-11-27)24-15-21(32-3)16-25-22(24)7-4-12-28-25/h4,7-9,12,14-16,19H,5-6,10-11,13,17H2,1-3H3,(H,29,31)/t19-/m0/s1. The maximum absolute atomic E-state index is 13.4. The van der Waals surface area contributed by atoms with Crippen LogP contribution >= 0.6 is 0 Å². The number of aryl methyl sites for hydroxylation is 1. The highest BCUT2D eigenvalue weighted by Crippen LogP contribution is 2.49. The Morgan fingerprint density at radius 3 is 2.79 bits per heavy atom. The molecular weight excluding hydrogens is 414 g/mol. The molecule has 6 heteroatoms. The summed E-state index contributed by atoms with van der Waals surface area (Å²) < 4.78 is 11.6. The molecule has 1 amide bonds. The largest absolute Gasteiger partial charge is 0.497 e. The Bertz CT molecular complexity index is 1190. The van der Waals surface area contributed by atoms with Crippen molar-refractivity contribution >= 4 is 16.8 Å². The minimum atomic E-state index is -0.400. The quantitative estimate of drug-likeness (QED) is 0.582. The van der Waals surface area contributed by atoms with Gasteiger partial charge in [-0.3, -0.25) is 9.78 Å². The lowest BCUT2D eigenvalue weighted by Crippen LogP contribution is -2.35. The van der Waals surface area contributed by atoms with Crippen molar-refractivity contribution in [2.45, 2.75) is 44.2 Å². The van der Waals surface area contributed by atoms with E-state index in [4.69, 9.17) is 9.47 Å². The van der Waals surface area contributed by atoms with E-state index < -0.39 is 5.54 Å². The van der Waals surface area contributed by atoms with Gasteiger partial charge in [0.05, 0.1) is 18.2 Å². The Hall–Kier alpha value is -3.12. The molecule has 0 bridgehead atoms. The van der Waals surface area contributed by atoms with Gasteiger partial charge in [0, 0.05) is 29.3 Å². The number of likely N-dealkylation sites (N-methyl/N-ethyl adjacent to an activating group) is 1. The number of aromatic nitrogens is 1. The number of nitrogens with zero attached hydrogens (tertiary/aromatic N) is 2. The first-order valence-corrected chi connectivity index (χ1v) is 11.7. The van der Waals surface area contributed by atoms with Crippen LogP contribution in [-0.4, -0.2) is 49.1 Å². The third-order valence-electron chi connectivity index (χ3n) is 7.12. The van der Waals surface area contributed by atoms with Gasteiger partial charge >= 0.3 is 0 Å². The van der Waals surface area contributed by atoms with Crippen LogP contribution in [-0.2, 0) is 5.54 Å². The fraction of sp³-hybridized carbons (Fsp3) is 0.407. The zero-order valence-electron chi connectivity index (χ0n) is 19.6. The van der Waals surface area contributed by atoms with Crippen molar-refractivity contribution in [2.75, 3.05) is 27.3 Å². The lowest BCUT2D eigenvalue weighted by atomic mass is 9.97. The summed E-state index contributed by atoms with van der Waals surface area (Å²) in [5.74, 6) is 1.42. The highest BCUT2D eigenvalue weighted by Gasteiger charge is 2.47. The number of amides is 1. The normalized spacial score (nSPS) is 19.4. The van der Waals surface area contributed by atoms with Crippen LogP contribution < -0.4 is 14.8 Å². The van der Waals surface area contributed by atoms with Crippen molar-refractivity contribution in [1.29, 1.82) is 0 Å². The van der Waals surface area contributed by atoms with E-state index in [1.165, 1.54) is 6.42 Å². The zero-order chi connectivity index (χ0) is 23.0. The minimum Gasteiger partial charge on any atom is -0.497 e. The van der Waals surface area contributed by atoms with Crippen LogP contribution in [0.15, 0.2) is 48.7 Å². The Labute approximate surface area is 194 Å². The van der Waals surface area contributed by atoms with Crippen LogP contribution in [0, 0.1) is 6.92 Å². The molecule has 1 aliphatic heterocycles. The number of methoxy groups -OCH3 is 1. The molecule has 1 atom stereocenters. The number of nitrogens with one attached hydrogen (secondary N) is 1. The molecule has 6 nitrogen and oxygen atoms in total. The van der Waals surface area contributed by atoms with Crippen molar-refractivity contribution in [2.24, 2.45) is 0 Å². The average molecular weight is 446 g/mol. The van der Waals surface area contributed by atoms with Gasteiger partial charge in [-0.25, -0.2) is 0 Å². The number of rotatable bonds is 7. The summed E-state index contributed by atoms with van der Waals surface area (Å²) in [4.78, 5) is 20.3. The first-order chi connectivity index (χ1) is 16.0. The molecule has 0 radical (unpaired) electrons. The number of hydrogen-bond acceptors (Lipinski definition) is 5. The SMILES string of the molecule is COc1cc(C2(NC(=O)c3cc(OC[C@@H]4CCCN4C)ccc3C)CC2)c2cccnc2c1. The van der Waals surface area contributed by atoms with Gasteiger partial charge in [0.1, 0.15) is 18.1 Å². The first kappa shape index (κ1) is 21.7. The van der Waals surface area contributed by atoms with E-state index in [2.05, 4.69) is 28.3 Å². The zero-order valence-corrected chi connectivity index (χ0v) is 19.6. The van der Waals surface area contributed by atoms with E-state index in [1.807, 2.05) is 43.3 Å². The number of pyridine rings is 1. The van der Waals surface area contributed by atoms with E-state index in [0.29, 0.717) is 18.2 Å². The average Bonchev–Trinajstić information content (AvgIpc) is 3.49. The van der Waals surface area contributed by atoms with E-state index in [0.717, 1.165) is 59.3 Å². The molecule has 0 spiro atoms. The van der Waals surface area contributed by atoms with E-state index in [-0.39, 0.29) is 5.91 Å². The van der Waals surface area contributed by atoms with E-state index in [1.54, 1.807) is 13.3 Å². The molecule has 2 heterocycles. The second kappa shape index (κ2) is 8.67. The molecule has 1 saturated carbocycles. The van der Waals surface area contributed by atoms with Crippen molar-refractivity contribution < 1.29 is 14.3 Å². The second-order valence-electron chi connectivity index (χ2n) is 9.35. The van der Waals surface area contributed by atoms with Crippen LogP contribution in [0.25, 0.3) is 10.9 Å².